The molecule has 1 aromatic heterocycles. The van der Waals surface area contributed by atoms with Gasteiger partial charge in [-0.25, -0.2) is 4.98 Å². The Morgan fingerprint density at radius 1 is 1.00 bits per heavy atom. The molecule has 0 atom stereocenters. The second-order valence-corrected chi connectivity index (χ2v) is 7.51. The third-order valence-electron chi connectivity index (χ3n) is 4.22. The Labute approximate surface area is 181 Å². The second-order valence-electron chi connectivity index (χ2n) is 6.65. The van der Waals surface area contributed by atoms with Crippen molar-refractivity contribution in [1.82, 2.24) is 4.98 Å². The van der Waals surface area contributed by atoms with Crippen molar-refractivity contribution < 1.29 is 23.9 Å². The van der Waals surface area contributed by atoms with Crippen molar-refractivity contribution in [3.05, 3.63) is 59.1 Å². The van der Waals surface area contributed by atoms with Crippen LogP contribution in [0.15, 0.2) is 47.8 Å². The highest BCUT2D eigenvalue weighted by Gasteiger charge is 2.17. The first-order valence-corrected chi connectivity index (χ1v) is 10.2. The smallest absolute Gasteiger partial charge is 0.257 e. The summed E-state index contributed by atoms with van der Waals surface area (Å²) >= 11 is 1.23. The number of hydrogen-bond donors (Lipinski definition) is 3. The van der Waals surface area contributed by atoms with Gasteiger partial charge in [0.05, 0.1) is 12.1 Å². The predicted molar refractivity (Wildman–Crippen MR) is 116 cm³/mol. The number of anilines is 3. The number of carbonyl (C=O) groups excluding carboxylic acids is 3. The topological polar surface area (TPSA) is 119 Å². The standard InChI is InChI=1S/C21H18N4O5S/c1-12(26)22-14-3-2-4-15(8-14)23-19(27)9-16-10-31-21(24-16)25-20(28)13-5-6-17-18(7-13)30-11-29-17/h2-8,10H,9,11H2,1H3,(H,22,26)(H,23,27)(H,24,25,28). The summed E-state index contributed by atoms with van der Waals surface area (Å²) in [6.07, 6.45) is 0.0424. The van der Waals surface area contributed by atoms with Crippen LogP contribution in [0.2, 0.25) is 0 Å². The van der Waals surface area contributed by atoms with Crippen molar-refractivity contribution in [1.29, 1.82) is 0 Å². The van der Waals surface area contributed by atoms with E-state index in [9.17, 15) is 14.4 Å². The van der Waals surface area contributed by atoms with Crippen molar-refractivity contribution in [2.45, 2.75) is 13.3 Å². The maximum Gasteiger partial charge on any atom is 0.257 e. The second kappa shape index (κ2) is 8.84. The molecule has 0 saturated carbocycles. The van der Waals surface area contributed by atoms with Crippen LogP contribution in [0, 0.1) is 0 Å². The molecule has 1 aliphatic rings. The molecular weight excluding hydrogens is 420 g/mol. The summed E-state index contributed by atoms with van der Waals surface area (Å²) in [5.41, 5.74) is 2.09. The monoisotopic (exact) mass is 438 g/mol. The zero-order chi connectivity index (χ0) is 21.8. The molecule has 3 aromatic rings. The lowest BCUT2D eigenvalue weighted by molar-refractivity contribution is -0.116. The fraction of sp³-hybridized carbons (Fsp3) is 0.143. The van der Waals surface area contributed by atoms with Crippen molar-refractivity contribution >= 4 is 45.6 Å². The zero-order valence-corrected chi connectivity index (χ0v) is 17.2. The molecule has 2 heterocycles. The third kappa shape index (κ3) is 5.17. The van der Waals surface area contributed by atoms with E-state index in [1.54, 1.807) is 47.8 Å². The van der Waals surface area contributed by atoms with Gasteiger partial charge in [-0.3, -0.25) is 19.7 Å². The molecule has 1 aliphatic heterocycles. The molecule has 9 nitrogen and oxygen atoms in total. The maximum atomic E-state index is 12.4. The molecule has 10 heteroatoms. The predicted octanol–water partition coefficient (Wildman–Crippen LogP) is 3.26. The average Bonchev–Trinajstić information content (AvgIpc) is 3.36. The molecular formula is C21H18N4O5S. The Morgan fingerprint density at radius 2 is 1.77 bits per heavy atom. The minimum absolute atomic E-state index is 0.0424. The van der Waals surface area contributed by atoms with Crippen LogP contribution in [0.1, 0.15) is 23.0 Å². The van der Waals surface area contributed by atoms with E-state index in [-0.39, 0.29) is 30.9 Å². The van der Waals surface area contributed by atoms with E-state index in [0.717, 1.165) is 0 Å². The Morgan fingerprint density at radius 3 is 2.58 bits per heavy atom. The summed E-state index contributed by atoms with van der Waals surface area (Å²) in [5, 5.41) is 10.2. The molecule has 0 saturated heterocycles. The summed E-state index contributed by atoms with van der Waals surface area (Å²) in [5.74, 6) is 0.326. The lowest BCUT2D eigenvalue weighted by Gasteiger charge is -2.07. The van der Waals surface area contributed by atoms with Gasteiger partial charge in [-0.1, -0.05) is 6.07 Å². The lowest BCUT2D eigenvalue weighted by atomic mass is 10.2. The molecule has 158 valence electrons. The number of benzene rings is 2. The van der Waals surface area contributed by atoms with Crippen LogP contribution < -0.4 is 25.4 Å². The van der Waals surface area contributed by atoms with Crippen LogP contribution in [0.25, 0.3) is 0 Å². The number of rotatable bonds is 6. The Kier molecular flexibility index (Phi) is 5.80. The summed E-state index contributed by atoms with van der Waals surface area (Å²) in [6.45, 7) is 1.55. The fourth-order valence-corrected chi connectivity index (χ4v) is 3.61. The van der Waals surface area contributed by atoms with Crippen LogP contribution in [0.4, 0.5) is 16.5 Å². The van der Waals surface area contributed by atoms with Gasteiger partial charge in [0.15, 0.2) is 16.6 Å². The zero-order valence-electron chi connectivity index (χ0n) is 16.4. The molecule has 0 aliphatic carbocycles. The SMILES string of the molecule is CC(=O)Nc1cccc(NC(=O)Cc2csc(NC(=O)c3ccc4c(c3)OCO4)n2)c1. The van der Waals surface area contributed by atoms with Crippen molar-refractivity contribution in [2.75, 3.05) is 22.7 Å². The van der Waals surface area contributed by atoms with E-state index in [1.807, 2.05) is 0 Å². The highest BCUT2D eigenvalue weighted by Crippen LogP contribution is 2.32. The van der Waals surface area contributed by atoms with Gasteiger partial charge in [-0.15, -0.1) is 11.3 Å². The van der Waals surface area contributed by atoms with Crippen molar-refractivity contribution in [3.63, 3.8) is 0 Å². The van der Waals surface area contributed by atoms with E-state index in [2.05, 4.69) is 20.9 Å². The normalized spacial score (nSPS) is 11.6. The molecule has 0 unspecified atom stereocenters. The van der Waals surface area contributed by atoms with Crippen LogP contribution in [0.3, 0.4) is 0 Å². The van der Waals surface area contributed by atoms with Gasteiger partial charge in [-0.2, -0.15) is 0 Å². The van der Waals surface area contributed by atoms with Crippen LogP contribution in [-0.4, -0.2) is 29.5 Å². The van der Waals surface area contributed by atoms with Gasteiger partial charge in [0.25, 0.3) is 5.91 Å². The Balaban J connectivity index is 1.34. The number of carbonyl (C=O) groups is 3. The Bertz CT molecular complexity index is 1160. The molecule has 31 heavy (non-hydrogen) atoms. The van der Waals surface area contributed by atoms with Crippen LogP contribution in [-0.2, 0) is 16.0 Å². The van der Waals surface area contributed by atoms with Crippen LogP contribution >= 0.6 is 11.3 Å². The number of thiazole rings is 1. The number of fused-ring (bicyclic) bond motifs is 1. The van der Waals surface area contributed by atoms with E-state index in [0.29, 0.717) is 39.3 Å². The van der Waals surface area contributed by atoms with Gasteiger partial charge in [0, 0.05) is 29.2 Å². The van der Waals surface area contributed by atoms with Crippen LogP contribution in [0.5, 0.6) is 11.5 Å². The number of aromatic nitrogens is 1. The van der Waals surface area contributed by atoms with E-state index in [4.69, 9.17) is 9.47 Å². The first kappa shape index (κ1) is 20.4. The van der Waals surface area contributed by atoms with E-state index in [1.165, 1.54) is 18.3 Å². The Hall–Kier alpha value is -3.92. The van der Waals surface area contributed by atoms with Gasteiger partial charge < -0.3 is 20.1 Å². The maximum absolute atomic E-state index is 12.4. The largest absolute Gasteiger partial charge is 0.454 e. The summed E-state index contributed by atoms with van der Waals surface area (Å²) in [6, 6.07) is 11.8. The number of amides is 3. The number of ether oxygens (including phenoxy) is 2. The molecule has 3 amide bonds. The molecule has 2 aromatic carbocycles. The fourth-order valence-electron chi connectivity index (χ4n) is 2.90. The molecule has 4 rings (SSSR count). The summed E-state index contributed by atoms with van der Waals surface area (Å²) in [7, 11) is 0. The van der Waals surface area contributed by atoms with E-state index >= 15 is 0 Å². The first-order chi connectivity index (χ1) is 15.0. The number of hydrogen-bond acceptors (Lipinski definition) is 7. The summed E-state index contributed by atoms with van der Waals surface area (Å²) in [4.78, 5) is 40.2. The van der Waals surface area contributed by atoms with Gasteiger partial charge >= 0.3 is 0 Å². The number of nitrogens with zero attached hydrogens (tertiary/aromatic N) is 1. The average molecular weight is 438 g/mol. The molecule has 0 radical (unpaired) electrons. The van der Waals surface area contributed by atoms with Gasteiger partial charge in [0.2, 0.25) is 18.6 Å². The van der Waals surface area contributed by atoms with Crippen molar-refractivity contribution in [2.24, 2.45) is 0 Å². The molecule has 0 fully saturated rings. The minimum atomic E-state index is -0.335. The molecule has 0 spiro atoms. The highest BCUT2D eigenvalue weighted by molar-refractivity contribution is 7.14. The number of nitrogens with one attached hydrogen (secondary N) is 3. The summed E-state index contributed by atoms with van der Waals surface area (Å²) < 4.78 is 10.5. The highest BCUT2D eigenvalue weighted by atomic mass is 32.1. The van der Waals surface area contributed by atoms with Gasteiger partial charge in [0.1, 0.15) is 0 Å². The van der Waals surface area contributed by atoms with Crippen molar-refractivity contribution in [3.8, 4) is 11.5 Å². The molecule has 3 N–H and O–H groups in total. The quantitative estimate of drug-likeness (QED) is 0.544. The first-order valence-electron chi connectivity index (χ1n) is 9.29. The third-order valence-corrected chi connectivity index (χ3v) is 5.02. The molecule has 0 bridgehead atoms. The van der Waals surface area contributed by atoms with E-state index < -0.39 is 0 Å². The van der Waals surface area contributed by atoms with Gasteiger partial charge in [-0.05, 0) is 36.4 Å². The minimum Gasteiger partial charge on any atom is -0.454 e. The lowest BCUT2D eigenvalue weighted by Crippen LogP contribution is -2.15.